The van der Waals surface area contributed by atoms with Gasteiger partial charge in [0.05, 0.1) is 6.61 Å². The summed E-state index contributed by atoms with van der Waals surface area (Å²) in [6, 6.07) is 7.22. The second-order valence-electron chi connectivity index (χ2n) is 3.39. The standard InChI is InChI=1S/C11H14ClNO2/c1-13(6-7-14)8-9-4-2-3-5-10(9)11(12)15/h2-5,14H,6-8H2,1H3. The first-order chi connectivity index (χ1) is 7.15. The summed E-state index contributed by atoms with van der Waals surface area (Å²) in [5, 5.41) is 8.32. The van der Waals surface area contributed by atoms with E-state index in [0.717, 1.165) is 5.56 Å². The van der Waals surface area contributed by atoms with Crippen LogP contribution in [0.2, 0.25) is 0 Å². The van der Waals surface area contributed by atoms with E-state index in [4.69, 9.17) is 16.7 Å². The van der Waals surface area contributed by atoms with Crippen LogP contribution in [0.1, 0.15) is 15.9 Å². The highest BCUT2D eigenvalue weighted by atomic mass is 35.5. The number of benzene rings is 1. The second-order valence-corrected chi connectivity index (χ2v) is 3.74. The number of hydrogen-bond donors (Lipinski definition) is 1. The smallest absolute Gasteiger partial charge is 0.252 e. The Kier molecular flexibility index (Phi) is 4.75. The minimum absolute atomic E-state index is 0.105. The lowest BCUT2D eigenvalue weighted by Gasteiger charge is -2.16. The molecule has 1 aromatic rings. The molecule has 0 aliphatic rings. The topological polar surface area (TPSA) is 40.5 Å². The first kappa shape index (κ1) is 12.2. The highest BCUT2D eigenvalue weighted by molar-refractivity contribution is 6.67. The molecule has 0 aliphatic carbocycles. The molecule has 1 N–H and O–H groups in total. The van der Waals surface area contributed by atoms with Crippen LogP contribution in [0.4, 0.5) is 0 Å². The monoisotopic (exact) mass is 227 g/mol. The molecule has 3 nitrogen and oxygen atoms in total. The van der Waals surface area contributed by atoms with Crippen LogP contribution in [-0.2, 0) is 6.54 Å². The summed E-state index contributed by atoms with van der Waals surface area (Å²) in [5.41, 5.74) is 1.41. The van der Waals surface area contributed by atoms with E-state index in [1.807, 2.05) is 24.1 Å². The summed E-state index contributed by atoms with van der Waals surface area (Å²) in [6.07, 6.45) is 0. The lowest BCUT2D eigenvalue weighted by molar-refractivity contribution is 0.107. The molecule has 0 radical (unpaired) electrons. The number of carbonyl (C=O) groups excluding carboxylic acids is 1. The minimum Gasteiger partial charge on any atom is -0.395 e. The van der Waals surface area contributed by atoms with Gasteiger partial charge in [0.1, 0.15) is 0 Å². The third-order valence-corrected chi connectivity index (χ3v) is 2.35. The van der Waals surface area contributed by atoms with Crippen molar-refractivity contribution in [3.63, 3.8) is 0 Å². The molecule has 1 aromatic carbocycles. The fraction of sp³-hybridized carbons (Fsp3) is 0.364. The number of hydrogen-bond acceptors (Lipinski definition) is 3. The van der Waals surface area contributed by atoms with Gasteiger partial charge in [-0.1, -0.05) is 18.2 Å². The van der Waals surface area contributed by atoms with Crippen molar-refractivity contribution >= 4 is 16.8 Å². The molecule has 0 spiro atoms. The van der Waals surface area contributed by atoms with Crippen LogP contribution in [-0.4, -0.2) is 35.4 Å². The number of carbonyl (C=O) groups is 1. The summed E-state index contributed by atoms with van der Waals surface area (Å²) in [5.74, 6) is 0. The molecule has 0 atom stereocenters. The van der Waals surface area contributed by atoms with E-state index in [-0.39, 0.29) is 6.61 Å². The van der Waals surface area contributed by atoms with Gasteiger partial charge in [-0.15, -0.1) is 0 Å². The molecule has 0 aliphatic heterocycles. The molecule has 0 amide bonds. The normalized spacial score (nSPS) is 10.7. The number of aliphatic hydroxyl groups excluding tert-OH is 1. The van der Waals surface area contributed by atoms with Crippen molar-refractivity contribution in [1.29, 1.82) is 0 Å². The molecule has 0 saturated carbocycles. The molecule has 0 heterocycles. The molecule has 0 saturated heterocycles. The fourth-order valence-electron chi connectivity index (χ4n) is 1.39. The Morgan fingerprint density at radius 1 is 1.47 bits per heavy atom. The molecule has 15 heavy (non-hydrogen) atoms. The molecular weight excluding hydrogens is 214 g/mol. The highest BCUT2D eigenvalue weighted by Crippen LogP contribution is 2.13. The molecular formula is C11H14ClNO2. The number of halogens is 1. The van der Waals surface area contributed by atoms with Crippen molar-refractivity contribution in [2.75, 3.05) is 20.2 Å². The molecule has 82 valence electrons. The highest BCUT2D eigenvalue weighted by Gasteiger charge is 2.09. The fourth-order valence-corrected chi connectivity index (χ4v) is 1.57. The van der Waals surface area contributed by atoms with Crippen molar-refractivity contribution < 1.29 is 9.90 Å². The van der Waals surface area contributed by atoms with E-state index in [1.54, 1.807) is 12.1 Å². The first-order valence-corrected chi connectivity index (χ1v) is 5.10. The van der Waals surface area contributed by atoms with E-state index in [1.165, 1.54) is 0 Å². The molecule has 0 unspecified atom stereocenters. The van der Waals surface area contributed by atoms with Crippen molar-refractivity contribution in [1.82, 2.24) is 4.90 Å². The predicted octanol–water partition coefficient (Wildman–Crippen LogP) is 1.49. The number of aliphatic hydroxyl groups is 1. The van der Waals surface area contributed by atoms with Gasteiger partial charge in [-0.2, -0.15) is 0 Å². The summed E-state index contributed by atoms with van der Waals surface area (Å²) >= 11 is 5.46. The van der Waals surface area contributed by atoms with Crippen molar-refractivity contribution in [3.8, 4) is 0 Å². The van der Waals surface area contributed by atoms with Gasteiger partial charge >= 0.3 is 0 Å². The second kappa shape index (κ2) is 5.85. The zero-order valence-corrected chi connectivity index (χ0v) is 9.37. The summed E-state index contributed by atoms with van der Waals surface area (Å²) < 4.78 is 0. The maximum Gasteiger partial charge on any atom is 0.252 e. The van der Waals surface area contributed by atoms with Crippen LogP contribution in [0.5, 0.6) is 0 Å². The summed E-state index contributed by atoms with van der Waals surface area (Å²) in [4.78, 5) is 13.0. The van der Waals surface area contributed by atoms with Crippen LogP contribution < -0.4 is 0 Å². The molecule has 1 rings (SSSR count). The molecule has 0 fully saturated rings. The summed E-state index contributed by atoms with van der Waals surface area (Å²) in [6.45, 7) is 1.29. The largest absolute Gasteiger partial charge is 0.395 e. The average molecular weight is 228 g/mol. The molecule has 0 aromatic heterocycles. The van der Waals surface area contributed by atoms with Crippen LogP contribution in [0, 0.1) is 0 Å². The Morgan fingerprint density at radius 2 is 2.13 bits per heavy atom. The minimum atomic E-state index is -0.442. The van der Waals surface area contributed by atoms with E-state index >= 15 is 0 Å². The quantitative estimate of drug-likeness (QED) is 0.775. The Bertz CT molecular complexity index is 341. The van der Waals surface area contributed by atoms with Crippen molar-refractivity contribution in [3.05, 3.63) is 35.4 Å². The van der Waals surface area contributed by atoms with Gasteiger partial charge in [-0.05, 0) is 30.3 Å². The van der Waals surface area contributed by atoms with E-state index < -0.39 is 5.24 Å². The van der Waals surface area contributed by atoms with E-state index in [2.05, 4.69) is 0 Å². The predicted molar refractivity (Wildman–Crippen MR) is 60.0 cm³/mol. The van der Waals surface area contributed by atoms with Crippen molar-refractivity contribution in [2.24, 2.45) is 0 Å². The summed E-state index contributed by atoms with van der Waals surface area (Å²) in [7, 11) is 1.88. The van der Waals surface area contributed by atoms with Gasteiger partial charge in [0.25, 0.3) is 5.24 Å². The maximum absolute atomic E-state index is 11.1. The lowest BCUT2D eigenvalue weighted by Crippen LogP contribution is -2.22. The SMILES string of the molecule is CN(CCO)Cc1ccccc1C(=O)Cl. The van der Waals surface area contributed by atoms with E-state index in [9.17, 15) is 4.79 Å². The van der Waals surface area contributed by atoms with Gasteiger partial charge in [0, 0.05) is 18.7 Å². The van der Waals surface area contributed by atoms with E-state index in [0.29, 0.717) is 18.7 Å². The van der Waals surface area contributed by atoms with Crippen LogP contribution in [0.3, 0.4) is 0 Å². The van der Waals surface area contributed by atoms with Crippen LogP contribution >= 0.6 is 11.6 Å². The van der Waals surface area contributed by atoms with Crippen molar-refractivity contribution in [2.45, 2.75) is 6.54 Å². The number of nitrogens with zero attached hydrogens (tertiary/aromatic N) is 1. The Labute approximate surface area is 94.3 Å². The lowest BCUT2D eigenvalue weighted by atomic mass is 10.1. The first-order valence-electron chi connectivity index (χ1n) is 4.72. The third-order valence-electron chi connectivity index (χ3n) is 2.15. The number of likely N-dealkylation sites (N-methyl/N-ethyl adjacent to an activating group) is 1. The zero-order chi connectivity index (χ0) is 11.3. The Morgan fingerprint density at radius 3 is 2.73 bits per heavy atom. The Hall–Kier alpha value is -0.900. The van der Waals surface area contributed by atoms with Gasteiger partial charge < -0.3 is 5.11 Å². The average Bonchev–Trinajstić information content (AvgIpc) is 2.18. The molecule has 4 heteroatoms. The van der Waals surface area contributed by atoms with Gasteiger partial charge in [0.2, 0.25) is 0 Å². The van der Waals surface area contributed by atoms with Crippen LogP contribution in [0.25, 0.3) is 0 Å². The van der Waals surface area contributed by atoms with Gasteiger partial charge in [-0.3, -0.25) is 9.69 Å². The van der Waals surface area contributed by atoms with Gasteiger partial charge in [-0.25, -0.2) is 0 Å². The van der Waals surface area contributed by atoms with Gasteiger partial charge in [0.15, 0.2) is 0 Å². The van der Waals surface area contributed by atoms with Crippen LogP contribution in [0.15, 0.2) is 24.3 Å². The zero-order valence-electron chi connectivity index (χ0n) is 8.61. The number of rotatable bonds is 5. The Balaban J connectivity index is 2.79. The third kappa shape index (κ3) is 3.63. The molecule has 0 bridgehead atoms. The maximum atomic E-state index is 11.1.